The SMILES string of the molecule is COc1cc(OCc2ccc(C(F)(F)F)cc2)ccc1-c1nc(-c2ccc(Cl)cn2)[nH]c1C. The lowest BCUT2D eigenvalue weighted by Gasteiger charge is -2.12. The van der Waals surface area contributed by atoms with Crippen LogP contribution >= 0.6 is 11.6 Å². The van der Waals surface area contributed by atoms with E-state index >= 15 is 0 Å². The minimum absolute atomic E-state index is 0.119. The molecule has 0 spiro atoms. The Bertz CT molecular complexity index is 1250. The summed E-state index contributed by atoms with van der Waals surface area (Å²) in [4.78, 5) is 12.2. The topological polar surface area (TPSA) is 60.0 Å². The van der Waals surface area contributed by atoms with E-state index < -0.39 is 11.7 Å². The highest BCUT2D eigenvalue weighted by Gasteiger charge is 2.29. The summed E-state index contributed by atoms with van der Waals surface area (Å²) < 4.78 is 49.4. The molecule has 5 nitrogen and oxygen atoms in total. The number of aromatic amines is 1. The third-order valence-electron chi connectivity index (χ3n) is 4.97. The highest BCUT2D eigenvalue weighted by molar-refractivity contribution is 6.30. The van der Waals surface area contributed by atoms with Crippen molar-refractivity contribution in [3.05, 3.63) is 82.6 Å². The number of pyridine rings is 1. The van der Waals surface area contributed by atoms with Crippen molar-refractivity contribution in [3.63, 3.8) is 0 Å². The fourth-order valence-corrected chi connectivity index (χ4v) is 3.39. The van der Waals surface area contributed by atoms with Gasteiger partial charge in [0, 0.05) is 23.5 Å². The smallest absolute Gasteiger partial charge is 0.416 e. The number of hydrogen-bond acceptors (Lipinski definition) is 4. The van der Waals surface area contributed by atoms with Crippen LogP contribution in [0.15, 0.2) is 60.8 Å². The van der Waals surface area contributed by atoms with Crippen LogP contribution in [-0.4, -0.2) is 22.1 Å². The fraction of sp³-hybridized carbons (Fsp3) is 0.167. The molecule has 4 aromatic rings. The number of alkyl halides is 3. The Hall–Kier alpha value is -3.52. The number of imidazole rings is 1. The minimum atomic E-state index is -4.36. The van der Waals surface area contributed by atoms with Gasteiger partial charge in [0.25, 0.3) is 0 Å². The summed E-state index contributed by atoms with van der Waals surface area (Å²) in [5.41, 5.74) is 2.87. The van der Waals surface area contributed by atoms with Gasteiger partial charge in [-0.2, -0.15) is 13.2 Å². The molecule has 0 amide bonds. The first-order valence-corrected chi connectivity index (χ1v) is 10.3. The largest absolute Gasteiger partial charge is 0.496 e. The van der Waals surface area contributed by atoms with Crippen LogP contribution in [0, 0.1) is 6.92 Å². The average Bonchev–Trinajstić information content (AvgIpc) is 3.19. The van der Waals surface area contributed by atoms with Gasteiger partial charge in [-0.15, -0.1) is 0 Å². The maximum absolute atomic E-state index is 12.7. The van der Waals surface area contributed by atoms with Crippen molar-refractivity contribution in [2.24, 2.45) is 0 Å². The molecule has 9 heteroatoms. The first-order valence-electron chi connectivity index (χ1n) is 9.90. The summed E-state index contributed by atoms with van der Waals surface area (Å²) in [6.45, 7) is 2.02. The molecular weight excluding hydrogens is 455 g/mol. The Morgan fingerprint density at radius 1 is 1.03 bits per heavy atom. The molecule has 170 valence electrons. The summed E-state index contributed by atoms with van der Waals surface area (Å²) in [6.07, 6.45) is -2.81. The number of halogens is 4. The number of methoxy groups -OCH3 is 1. The van der Waals surface area contributed by atoms with Gasteiger partial charge in [-0.1, -0.05) is 23.7 Å². The number of hydrogen-bond donors (Lipinski definition) is 1. The van der Waals surface area contributed by atoms with Gasteiger partial charge in [0.15, 0.2) is 5.82 Å². The number of nitrogens with one attached hydrogen (secondary N) is 1. The molecule has 0 saturated carbocycles. The summed E-state index contributed by atoms with van der Waals surface area (Å²) in [5, 5.41) is 0.538. The van der Waals surface area contributed by atoms with Gasteiger partial charge in [-0.25, -0.2) is 4.98 Å². The molecule has 2 aromatic heterocycles. The number of nitrogens with zero attached hydrogens (tertiary/aromatic N) is 2. The molecule has 0 aliphatic carbocycles. The molecule has 0 aliphatic rings. The zero-order valence-corrected chi connectivity index (χ0v) is 18.5. The standard InChI is InChI=1S/C24H19ClF3N3O2/c1-14-22(31-23(30-14)20-10-7-17(25)12-29-20)19-9-8-18(11-21(19)32-2)33-13-15-3-5-16(6-4-15)24(26,27)28/h3-12H,13H2,1-2H3,(H,30,31). The molecule has 0 unspecified atom stereocenters. The molecule has 2 aromatic carbocycles. The van der Waals surface area contributed by atoms with E-state index in [0.29, 0.717) is 39.3 Å². The van der Waals surface area contributed by atoms with E-state index in [9.17, 15) is 13.2 Å². The Morgan fingerprint density at radius 2 is 1.79 bits per heavy atom. The molecule has 0 aliphatic heterocycles. The third kappa shape index (κ3) is 5.12. The lowest BCUT2D eigenvalue weighted by molar-refractivity contribution is -0.137. The second-order valence-corrected chi connectivity index (χ2v) is 7.70. The third-order valence-corrected chi connectivity index (χ3v) is 5.19. The van der Waals surface area contributed by atoms with E-state index in [0.717, 1.165) is 23.4 Å². The van der Waals surface area contributed by atoms with Crippen molar-refractivity contribution >= 4 is 11.6 Å². The van der Waals surface area contributed by atoms with Gasteiger partial charge in [0.2, 0.25) is 0 Å². The van der Waals surface area contributed by atoms with Crippen LogP contribution < -0.4 is 9.47 Å². The Kier molecular flexibility index (Phi) is 6.29. The van der Waals surface area contributed by atoms with E-state index in [-0.39, 0.29) is 6.61 Å². The molecule has 0 bridgehead atoms. The molecular formula is C24H19ClF3N3O2. The van der Waals surface area contributed by atoms with Gasteiger partial charge >= 0.3 is 6.18 Å². The van der Waals surface area contributed by atoms with Crippen molar-refractivity contribution in [1.29, 1.82) is 0 Å². The molecule has 2 heterocycles. The summed E-state index contributed by atoms with van der Waals surface area (Å²) >= 11 is 5.91. The summed E-state index contributed by atoms with van der Waals surface area (Å²) in [7, 11) is 1.54. The van der Waals surface area contributed by atoms with Crippen LogP contribution in [0.25, 0.3) is 22.8 Å². The first-order chi connectivity index (χ1) is 15.7. The number of benzene rings is 2. The molecule has 33 heavy (non-hydrogen) atoms. The van der Waals surface area contributed by atoms with Crippen LogP contribution in [-0.2, 0) is 12.8 Å². The normalized spacial score (nSPS) is 11.5. The number of ether oxygens (including phenoxy) is 2. The van der Waals surface area contributed by atoms with E-state index in [4.69, 9.17) is 21.1 Å². The van der Waals surface area contributed by atoms with E-state index in [2.05, 4.69) is 15.0 Å². The van der Waals surface area contributed by atoms with Gasteiger partial charge in [-0.3, -0.25) is 4.98 Å². The van der Waals surface area contributed by atoms with Crippen LogP contribution in [0.1, 0.15) is 16.8 Å². The van der Waals surface area contributed by atoms with Crippen molar-refractivity contribution in [2.75, 3.05) is 7.11 Å². The predicted octanol–water partition coefficient (Wildman–Crippen LogP) is 6.71. The Labute approximate surface area is 193 Å². The Balaban J connectivity index is 1.53. The number of aryl methyl sites for hydroxylation is 1. The quantitative estimate of drug-likeness (QED) is 0.338. The zero-order valence-electron chi connectivity index (χ0n) is 17.7. The molecule has 0 radical (unpaired) electrons. The Morgan fingerprint density at radius 3 is 2.42 bits per heavy atom. The maximum Gasteiger partial charge on any atom is 0.416 e. The maximum atomic E-state index is 12.7. The van der Waals surface area contributed by atoms with E-state index in [1.165, 1.54) is 12.1 Å². The van der Waals surface area contributed by atoms with Crippen molar-refractivity contribution in [1.82, 2.24) is 15.0 Å². The van der Waals surface area contributed by atoms with Crippen molar-refractivity contribution in [3.8, 4) is 34.3 Å². The molecule has 0 atom stereocenters. The van der Waals surface area contributed by atoms with Crippen LogP contribution in [0.4, 0.5) is 13.2 Å². The van der Waals surface area contributed by atoms with Crippen LogP contribution in [0.5, 0.6) is 11.5 Å². The minimum Gasteiger partial charge on any atom is -0.496 e. The lowest BCUT2D eigenvalue weighted by atomic mass is 10.1. The van der Waals surface area contributed by atoms with Gasteiger partial charge in [0.05, 0.1) is 23.4 Å². The molecule has 0 saturated heterocycles. The number of H-pyrrole nitrogens is 1. The van der Waals surface area contributed by atoms with Gasteiger partial charge < -0.3 is 14.5 Å². The lowest BCUT2D eigenvalue weighted by Crippen LogP contribution is -2.05. The number of rotatable bonds is 6. The molecule has 1 N–H and O–H groups in total. The fourth-order valence-electron chi connectivity index (χ4n) is 3.27. The second kappa shape index (κ2) is 9.15. The predicted molar refractivity (Wildman–Crippen MR) is 119 cm³/mol. The average molecular weight is 474 g/mol. The highest BCUT2D eigenvalue weighted by atomic mass is 35.5. The van der Waals surface area contributed by atoms with Crippen molar-refractivity contribution < 1.29 is 22.6 Å². The highest BCUT2D eigenvalue weighted by Crippen LogP contribution is 2.35. The monoisotopic (exact) mass is 473 g/mol. The molecule has 0 fully saturated rings. The van der Waals surface area contributed by atoms with E-state index in [1.54, 1.807) is 37.6 Å². The second-order valence-electron chi connectivity index (χ2n) is 7.27. The summed E-state index contributed by atoms with van der Waals surface area (Å²) in [6, 6.07) is 13.7. The van der Waals surface area contributed by atoms with Crippen LogP contribution in [0.3, 0.4) is 0 Å². The number of aromatic nitrogens is 3. The van der Waals surface area contributed by atoms with Crippen molar-refractivity contribution in [2.45, 2.75) is 19.7 Å². The van der Waals surface area contributed by atoms with Gasteiger partial charge in [-0.05, 0) is 48.9 Å². The molecule has 4 rings (SSSR count). The first kappa shape index (κ1) is 22.7. The van der Waals surface area contributed by atoms with Crippen LogP contribution in [0.2, 0.25) is 5.02 Å². The zero-order chi connectivity index (χ0) is 23.6. The van der Waals surface area contributed by atoms with Gasteiger partial charge in [0.1, 0.15) is 23.8 Å². The summed E-state index contributed by atoms with van der Waals surface area (Å²) in [5.74, 6) is 1.66. The van der Waals surface area contributed by atoms with E-state index in [1.807, 2.05) is 13.0 Å².